The summed E-state index contributed by atoms with van der Waals surface area (Å²) in [4.78, 5) is 9.61. The molecule has 0 aliphatic heterocycles. The van der Waals surface area contributed by atoms with Crippen LogP contribution in [0.15, 0.2) is 0 Å². The van der Waals surface area contributed by atoms with Gasteiger partial charge in [0.1, 0.15) is 0 Å². The summed E-state index contributed by atoms with van der Waals surface area (Å²) in [5.74, 6) is 0.548. The third kappa shape index (κ3) is 17.8. The normalized spacial score (nSPS) is 6.33. The lowest BCUT2D eigenvalue weighted by molar-refractivity contribution is 0.195. The Bertz CT molecular complexity index is 70.1. The summed E-state index contributed by atoms with van der Waals surface area (Å²) in [6.45, 7) is 0.415. The minimum absolute atomic E-state index is 0. The molecule has 0 unspecified atom stereocenters. The Hall–Kier alpha value is 0.320. The van der Waals surface area contributed by atoms with Crippen LogP contribution in [-0.4, -0.2) is 23.5 Å². The zero-order chi connectivity index (χ0) is 5.70. The molecule has 2 N–H and O–H groups in total. The molecule has 0 aliphatic carbocycles. The van der Waals surface area contributed by atoms with Crippen molar-refractivity contribution in [1.29, 1.82) is 0 Å². The summed E-state index contributed by atoms with van der Waals surface area (Å²) in [6, 6.07) is 0. The Labute approximate surface area is 73.5 Å². The van der Waals surface area contributed by atoms with Gasteiger partial charge in [-0.2, -0.15) is 39.6 Å². The largest absolute Gasteiger partial charge is 0.465 e. The third-order valence-electron chi connectivity index (χ3n) is 0.388. The van der Waals surface area contributed by atoms with E-state index in [1.807, 2.05) is 0 Å². The number of amides is 1. The number of carbonyl (C=O) groups is 1. The zero-order valence-electron chi connectivity index (χ0n) is 4.72. The summed E-state index contributed by atoms with van der Waals surface area (Å²) >= 11 is 3.77. The maximum absolute atomic E-state index is 9.61. The van der Waals surface area contributed by atoms with E-state index in [9.17, 15) is 4.79 Å². The second kappa shape index (κ2) is 11.2. The van der Waals surface area contributed by atoms with Gasteiger partial charge in [-0.05, 0) is 0 Å². The summed E-state index contributed by atoms with van der Waals surface area (Å²) in [5.41, 5.74) is 0. The Morgan fingerprint density at radius 3 is 2.11 bits per heavy atom. The van der Waals surface area contributed by atoms with E-state index in [2.05, 4.69) is 17.9 Å². The van der Waals surface area contributed by atoms with Crippen LogP contribution >= 0.6 is 39.6 Å². The fourth-order valence-corrected chi connectivity index (χ4v) is 0.275. The maximum Gasteiger partial charge on any atom is 0.404 e. The second-order valence-corrected chi connectivity index (χ2v) is 1.40. The number of carboxylic acid groups (broad SMARTS) is 1. The molecule has 58 valence electrons. The van der Waals surface area contributed by atoms with Crippen LogP contribution in [0, 0.1) is 0 Å². The number of nitrogens with one attached hydrogen (secondary N) is 1. The van der Waals surface area contributed by atoms with E-state index in [0.29, 0.717) is 12.3 Å². The summed E-state index contributed by atoms with van der Waals surface area (Å²) < 4.78 is 0. The van der Waals surface area contributed by atoms with Crippen molar-refractivity contribution in [1.82, 2.24) is 5.32 Å². The minimum Gasteiger partial charge on any atom is -0.465 e. The lowest BCUT2D eigenvalue weighted by Gasteiger charge is -1.91. The summed E-state index contributed by atoms with van der Waals surface area (Å²) in [5, 5.41) is 10.0. The molecule has 0 heterocycles. The molecule has 1 amide bonds. The second-order valence-electron chi connectivity index (χ2n) is 0.956. The van der Waals surface area contributed by atoms with E-state index in [-0.39, 0.29) is 27.0 Å². The lowest BCUT2D eigenvalue weighted by Crippen LogP contribution is -2.22. The molecule has 0 rings (SSSR count). The molecule has 3 nitrogen and oxygen atoms in total. The van der Waals surface area contributed by atoms with Gasteiger partial charge in [0.05, 0.1) is 0 Å². The van der Waals surface area contributed by atoms with Gasteiger partial charge in [0.2, 0.25) is 0 Å². The average Bonchev–Trinajstić information content (AvgIpc) is 1.61. The molecule has 0 bridgehead atoms. The van der Waals surface area contributed by atoms with Crippen LogP contribution in [0.25, 0.3) is 0 Å². The van der Waals surface area contributed by atoms with E-state index in [1.54, 1.807) is 0 Å². The van der Waals surface area contributed by atoms with Gasteiger partial charge in [-0.1, -0.05) is 0 Å². The third-order valence-corrected chi connectivity index (χ3v) is 0.612. The predicted molar refractivity (Wildman–Crippen MR) is 50.6 cm³/mol. The topological polar surface area (TPSA) is 49.3 Å². The van der Waals surface area contributed by atoms with E-state index < -0.39 is 6.09 Å². The first-order valence-electron chi connectivity index (χ1n) is 1.85. The van der Waals surface area contributed by atoms with Crippen molar-refractivity contribution in [3.8, 4) is 0 Å². The van der Waals surface area contributed by atoms with Gasteiger partial charge in [0.25, 0.3) is 0 Å². The molecule has 6 heteroatoms. The first-order chi connectivity index (χ1) is 3.27. The highest BCUT2D eigenvalue weighted by Crippen LogP contribution is 1.67. The van der Waals surface area contributed by atoms with E-state index in [1.165, 1.54) is 0 Å². The smallest absolute Gasteiger partial charge is 0.404 e. The van der Waals surface area contributed by atoms with Crippen LogP contribution in [0.3, 0.4) is 0 Å². The maximum atomic E-state index is 9.61. The molecular weight excluding hydrogens is 178 g/mol. The van der Waals surface area contributed by atoms with Crippen LogP contribution < -0.4 is 5.32 Å². The highest BCUT2D eigenvalue weighted by atomic mass is 32.1. The van der Waals surface area contributed by atoms with Crippen LogP contribution in [0.1, 0.15) is 0 Å². The highest BCUT2D eigenvalue weighted by molar-refractivity contribution is 7.80. The van der Waals surface area contributed by atoms with Crippen molar-refractivity contribution >= 4 is 45.7 Å². The molecule has 0 aromatic heterocycles. The Morgan fingerprint density at radius 2 is 2.00 bits per heavy atom. The SMILES string of the molecule is O=C(O)NCCS.S.S. The molecular formula is C3H11NO2S3. The van der Waals surface area contributed by atoms with Crippen LogP contribution in [0.5, 0.6) is 0 Å². The van der Waals surface area contributed by atoms with Crippen molar-refractivity contribution < 1.29 is 9.90 Å². The fraction of sp³-hybridized carbons (Fsp3) is 0.667. The minimum atomic E-state index is -0.992. The zero-order valence-corrected chi connectivity index (χ0v) is 7.61. The number of rotatable bonds is 2. The molecule has 0 saturated carbocycles. The number of hydrogen-bond acceptors (Lipinski definition) is 2. The van der Waals surface area contributed by atoms with Gasteiger partial charge < -0.3 is 10.4 Å². The molecule has 0 fully saturated rings. The van der Waals surface area contributed by atoms with Crippen molar-refractivity contribution in [2.75, 3.05) is 12.3 Å². The van der Waals surface area contributed by atoms with E-state index in [4.69, 9.17) is 5.11 Å². The van der Waals surface area contributed by atoms with E-state index >= 15 is 0 Å². The van der Waals surface area contributed by atoms with Gasteiger partial charge >= 0.3 is 6.09 Å². The van der Waals surface area contributed by atoms with Gasteiger partial charge in [-0.3, -0.25) is 0 Å². The first kappa shape index (κ1) is 16.2. The highest BCUT2D eigenvalue weighted by Gasteiger charge is 1.86. The first-order valence-corrected chi connectivity index (χ1v) is 2.48. The Kier molecular flexibility index (Phi) is 20.0. The predicted octanol–water partition coefficient (Wildman–Crippen LogP) is 0.409. The van der Waals surface area contributed by atoms with Crippen LogP contribution in [0.2, 0.25) is 0 Å². The number of hydrogen-bond donors (Lipinski definition) is 3. The standard InChI is InChI=1S/C3H7NO2S.2H2S/c5-3(6)4-1-2-7;;/h4,7H,1-2H2,(H,5,6);2*1H2. The Morgan fingerprint density at radius 1 is 1.56 bits per heavy atom. The van der Waals surface area contributed by atoms with Gasteiger partial charge in [0, 0.05) is 12.3 Å². The molecule has 0 spiro atoms. The average molecular weight is 189 g/mol. The monoisotopic (exact) mass is 189 g/mol. The molecule has 0 atom stereocenters. The van der Waals surface area contributed by atoms with Crippen molar-refractivity contribution in [3.05, 3.63) is 0 Å². The van der Waals surface area contributed by atoms with Crippen molar-refractivity contribution in [2.24, 2.45) is 0 Å². The molecule has 0 aromatic carbocycles. The van der Waals surface area contributed by atoms with Gasteiger partial charge in [0.15, 0.2) is 0 Å². The summed E-state index contributed by atoms with van der Waals surface area (Å²) in [7, 11) is 0. The van der Waals surface area contributed by atoms with Crippen LogP contribution in [-0.2, 0) is 0 Å². The van der Waals surface area contributed by atoms with Crippen molar-refractivity contribution in [2.45, 2.75) is 0 Å². The van der Waals surface area contributed by atoms with Crippen LogP contribution in [0.4, 0.5) is 4.79 Å². The van der Waals surface area contributed by atoms with E-state index in [0.717, 1.165) is 0 Å². The molecule has 0 saturated heterocycles. The van der Waals surface area contributed by atoms with Crippen molar-refractivity contribution in [3.63, 3.8) is 0 Å². The lowest BCUT2D eigenvalue weighted by atomic mass is 10.7. The molecule has 0 aromatic rings. The Balaban J connectivity index is -0.000000180. The molecule has 0 aliphatic rings. The summed E-state index contributed by atoms with van der Waals surface area (Å²) in [6.07, 6.45) is -0.992. The fourth-order valence-electron chi connectivity index (χ4n) is 0.163. The van der Waals surface area contributed by atoms with Gasteiger partial charge in [-0.15, -0.1) is 0 Å². The quantitative estimate of drug-likeness (QED) is 0.551. The molecule has 0 radical (unpaired) electrons. The van der Waals surface area contributed by atoms with Gasteiger partial charge in [-0.25, -0.2) is 4.79 Å². The number of thiol groups is 1. The molecule has 9 heavy (non-hydrogen) atoms.